The summed E-state index contributed by atoms with van der Waals surface area (Å²) < 4.78 is 0. The number of hydrogen-bond donors (Lipinski definition) is 2. The third-order valence-electron chi connectivity index (χ3n) is 6.25. The van der Waals surface area contributed by atoms with Gasteiger partial charge in [0, 0.05) is 36.1 Å². The molecule has 0 bridgehead atoms. The van der Waals surface area contributed by atoms with Gasteiger partial charge in [0.05, 0.1) is 11.3 Å². The molecule has 3 aromatic carbocycles. The molecule has 1 fully saturated rings. The normalized spacial score (nSPS) is 13.8. The van der Waals surface area contributed by atoms with E-state index in [-0.39, 0.29) is 23.6 Å². The van der Waals surface area contributed by atoms with Gasteiger partial charge in [0.1, 0.15) is 0 Å². The number of para-hydroxylation sites is 1. The second-order valence-corrected chi connectivity index (χ2v) is 9.21. The van der Waals surface area contributed by atoms with Crippen LogP contribution in [0.1, 0.15) is 44.7 Å². The highest BCUT2D eigenvalue weighted by Gasteiger charge is 2.28. The number of carbonyl (C=O) groups is 3. The van der Waals surface area contributed by atoms with Crippen molar-refractivity contribution in [2.75, 3.05) is 18.4 Å². The molecule has 0 unspecified atom stereocenters. The van der Waals surface area contributed by atoms with Crippen molar-refractivity contribution in [3.63, 3.8) is 0 Å². The van der Waals surface area contributed by atoms with Crippen LogP contribution in [0.25, 0.3) is 0 Å². The molecular formula is C28H28ClN3O3. The second kappa shape index (κ2) is 11.2. The minimum Gasteiger partial charge on any atom is -0.348 e. The van der Waals surface area contributed by atoms with Crippen LogP contribution in [0, 0.1) is 12.8 Å². The summed E-state index contributed by atoms with van der Waals surface area (Å²) in [6, 6.07) is 21.8. The third kappa shape index (κ3) is 6.28. The van der Waals surface area contributed by atoms with Crippen LogP contribution < -0.4 is 10.6 Å². The number of aryl methyl sites for hydroxylation is 1. The van der Waals surface area contributed by atoms with Crippen molar-refractivity contribution in [2.45, 2.75) is 26.3 Å². The molecule has 1 saturated heterocycles. The Balaban J connectivity index is 1.33. The summed E-state index contributed by atoms with van der Waals surface area (Å²) in [6.07, 6.45) is 1.12. The van der Waals surface area contributed by atoms with Crippen molar-refractivity contribution in [1.29, 1.82) is 0 Å². The van der Waals surface area contributed by atoms with E-state index in [1.807, 2.05) is 31.2 Å². The minimum atomic E-state index is -0.246. The fourth-order valence-corrected chi connectivity index (χ4v) is 4.25. The highest BCUT2D eigenvalue weighted by Crippen LogP contribution is 2.23. The second-order valence-electron chi connectivity index (χ2n) is 8.78. The summed E-state index contributed by atoms with van der Waals surface area (Å²) in [5, 5.41) is 6.44. The molecule has 3 amide bonds. The molecule has 0 aliphatic carbocycles. The van der Waals surface area contributed by atoms with E-state index in [1.165, 1.54) is 0 Å². The van der Waals surface area contributed by atoms with Crippen molar-refractivity contribution < 1.29 is 14.4 Å². The summed E-state index contributed by atoms with van der Waals surface area (Å²) in [6.45, 7) is 3.42. The maximum Gasteiger partial charge on any atom is 0.253 e. The molecule has 6 nitrogen and oxygen atoms in total. The molecule has 0 spiro atoms. The first-order valence-electron chi connectivity index (χ1n) is 11.7. The largest absolute Gasteiger partial charge is 0.348 e. The quantitative estimate of drug-likeness (QED) is 0.507. The van der Waals surface area contributed by atoms with Crippen molar-refractivity contribution >= 4 is 35.0 Å². The number of piperidine rings is 1. The van der Waals surface area contributed by atoms with Gasteiger partial charge in [-0.1, -0.05) is 53.6 Å². The van der Waals surface area contributed by atoms with Crippen LogP contribution in [0.5, 0.6) is 0 Å². The standard InChI is InChI=1S/C28H28ClN3O3/c1-19-6-8-20(9-7-19)18-30-27(34)24-4-2-3-5-25(24)31-26(33)21-14-16-32(17-15-21)28(35)22-10-12-23(29)13-11-22/h2-13,21H,14-18H2,1H3,(H,30,34)(H,31,33). The SMILES string of the molecule is Cc1ccc(CNC(=O)c2ccccc2NC(=O)C2CCN(C(=O)c3ccc(Cl)cc3)CC2)cc1. The van der Waals surface area contributed by atoms with E-state index >= 15 is 0 Å². The monoisotopic (exact) mass is 489 g/mol. The van der Waals surface area contributed by atoms with Gasteiger partial charge in [-0.3, -0.25) is 14.4 Å². The van der Waals surface area contributed by atoms with Crippen LogP contribution in [0.4, 0.5) is 5.69 Å². The van der Waals surface area contributed by atoms with E-state index in [0.29, 0.717) is 54.3 Å². The van der Waals surface area contributed by atoms with Gasteiger partial charge in [0.25, 0.3) is 11.8 Å². The summed E-state index contributed by atoms with van der Waals surface area (Å²) in [5.41, 5.74) is 3.66. The van der Waals surface area contributed by atoms with Gasteiger partial charge in [-0.2, -0.15) is 0 Å². The Hall–Kier alpha value is -3.64. The summed E-state index contributed by atoms with van der Waals surface area (Å²) in [5.74, 6) is -0.670. The van der Waals surface area contributed by atoms with E-state index < -0.39 is 0 Å². The number of halogens is 1. The fourth-order valence-electron chi connectivity index (χ4n) is 4.13. The third-order valence-corrected chi connectivity index (χ3v) is 6.50. The predicted octanol–water partition coefficient (Wildman–Crippen LogP) is 5.07. The van der Waals surface area contributed by atoms with Crippen molar-refractivity contribution in [2.24, 2.45) is 5.92 Å². The Morgan fingerprint density at radius 2 is 1.57 bits per heavy atom. The van der Waals surface area contributed by atoms with E-state index in [4.69, 9.17) is 11.6 Å². The first-order valence-corrected chi connectivity index (χ1v) is 12.1. The molecule has 180 valence electrons. The number of hydrogen-bond acceptors (Lipinski definition) is 3. The van der Waals surface area contributed by atoms with Gasteiger partial charge < -0.3 is 15.5 Å². The van der Waals surface area contributed by atoms with Gasteiger partial charge >= 0.3 is 0 Å². The molecule has 0 atom stereocenters. The average Bonchev–Trinajstić information content (AvgIpc) is 2.88. The van der Waals surface area contributed by atoms with Crippen molar-refractivity contribution in [1.82, 2.24) is 10.2 Å². The average molecular weight is 490 g/mol. The van der Waals surface area contributed by atoms with Crippen LogP contribution >= 0.6 is 11.6 Å². The van der Waals surface area contributed by atoms with Gasteiger partial charge in [-0.25, -0.2) is 0 Å². The molecule has 1 aliphatic rings. The van der Waals surface area contributed by atoms with E-state index in [2.05, 4.69) is 10.6 Å². The van der Waals surface area contributed by atoms with Crippen molar-refractivity contribution in [3.8, 4) is 0 Å². The molecule has 4 rings (SSSR count). The van der Waals surface area contributed by atoms with Crippen LogP contribution in [0.2, 0.25) is 5.02 Å². The molecule has 0 radical (unpaired) electrons. The summed E-state index contributed by atoms with van der Waals surface area (Å²) >= 11 is 5.91. The van der Waals surface area contributed by atoms with E-state index in [0.717, 1.165) is 11.1 Å². The molecule has 3 aromatic rings. The Labute approximate surface area is 210 Å². The Bertz CT molecular complexity index is 1200. The van der Waals surface area contributed by atoms with E-state index in [1.54, 1.807) is 53.4 Å². The first-order chi connectivity index (χ1) is 16.9. The zero-order chi connectivity index (χ0) is 24.8. The van der Waals surface area contributed by atoms with Gasteiger partial charge in [-0.05, 0) is 61.7 Å². The first kappa shape index (κ1) is 24.5. The highest BCUT2D eigenvalue weighted by atomic mass is 35.5. The molecule has 2 N–H and O–H groups in total. The molecule has 7 heteroatoms. The lowest BCUT2D eigenvalue weighted by molar-refractivity contribution is -0.121. The molecule has 1 heterocycles. The number of likely N-dealkylation sites (tertiary alicyclic amines) is 1. The zero-order valence-electron chi connectivity index (χ0n) is 19.6. The molecular weight excluding hydrogens is 462 g/mol. The summed E-state index contributed by atoms with van der Waals surface area (Å²) in [4.78, 5) is 40.3. The molecule has 35 heavy (non-hydrogen) atoms. The zero-order valence-corrected chi connectivity index (χ0v) is 20.3. The number of anilines is 1. The van der Waals surface area contributed by atoms with Gasteiger partial charge in [-0.15, -0.1) is 0 Å². The maximum atomic E-state index is 13.0. The van der Waals surface area contributed by atoms with Crippen LogP contribution in [-0.4, -0.2) is 35.7 Å². The maximum absolute atomic E-state index is 13.0. The Morgan fingerprint density at radius 3 is 2.26 bits per heavy atom. The Morgan fingerprint density at radius 1 is 0.914 bits per heavy atom. The molecule has 0 saturated carbocycles. The number of nitrogens with zero attached hydrogens (tertiary/aromatic N) is 1. The Kier molecular flexibility index (Phi) is 7.83. The summed E-state index contributed by atoms with van der Waals surface area (Å²) in [7, 11) is 0. The number of carbonyl (C=O) groups excluding carboxylic acids is 3. The fraction of sp³-hybridized carbons (Fsp3) is 0.250. The highest BCUT2D eigenvalue weighted by molar-refractivity contribution is 6.30. The van der Waals surface area contributed by atoms with Crippen molar-refractivity contribution in [3.05, 3.63) is 100 Å². The number of amides is 3. The topological polar surface area (TPSA) is 78.5 Å². The lowest BCUT2D eigenvalue weighted by Crippen LogP contribution is -2.41. The number of rotatable bonds is 6. The number of benzene rings is 3. The minimum absolute atomic E-state index is 0.0591. The lowest BCUT2D eigenvalue weighted by Gasteiger charge is -2.31. The van der Waals surface area contributed by atoms with Crippen LogP contribution in [-0.2, 0) is 11.3 Å². The van der Waals surface area contributed by atoms with Crippen LogP contribution in [0.15, 0.2) is 72.8 Å². The smallest absolute Gasteiger partial charge is 0.253 e. The van der Waals surface area contributed by atoms with E-state index in [9.17, 15) is 14.4 Å². The molecule has 0 aromatic heterocycles. The van der Waals surface area contributed by atoms with Crippen LogP contribution in [0.3, 0.4) is 0 Å². The van der Waals surface area contributed by atoms with Gasteiger partial charge in [0.2, 0.25) is 5.91 Å². The molecule has 1 aliphatic heterocycles. The lowest BCUT2D eigenvalue weighted by atomic mass is 9.95. The van der Waals surface area contributed by atoms with Gasteiger partial charge in [0.15, 0.2) is 0 Å². The predicted molar refractivity (Wildman–Crippen MR) is 138 cm³/mol. The number of nitrogens with one attached hydrogen (secondary N) is 2.